The lowest BCUT2D eigenvalue weighted by Crippen LogP contribution is -2.05. The minimum absolute atomic E-state index is 0.128. The van der Waals surface area contributed by atoms with E-state index >= 15 is 0 Å². The Morgan fingerprint density at radius 3 is 2.82 bits per heavy atom. The van der Waals surface area contributed by atoms with E-state index in [-0.39, 0.29) is 16.8 Å². The normalized spacial score (nSPS) is 11.1. The van der Waals surface area contributed by atoms with E-state index in [0.29, 0.717) is 5.52 Å². The van der Waals surface area contributed by atoms with Gasteiger partial charge in [0.1, 0.15) is 5.52 Å². The fourth-order valence-electron chi connectivity index (χ4n) is 1.51. The van der Waals surface area contributed by atoms with Gasteiger partial charge in [0.15, 0.2) is 5.75 Å². The van der Waals surface area contributed by atoms with Crippen LogP contribution in [0.25, 0.3) is 11.0 Å². The molecule has 1 aromatic carbocycles. The maximum atomic E-state index is 12.2. The van der Waals surface area contributed by atoms with Gasteiger partial charge in [-0.05, 0) is 12.1 Å². The maximum Gasteiger partial charge on any atom is 0.387 e. The molecule has 0 aliphatic heterocycles. The summed E-state index contributed by atoms with van der Waals surface area (Å²) in [7, 11) is 1.63. The highest BCUT2D eigenvalue weighted by molar-refractivity contribution is 5.95. The van der Waals surface area contributed by atoms with Crippen LogP contribution >= 0.6 is 0 Å². The van der Waals surface area contributed by atoms with Gasteiger partial charge >= 0.3 is 12.6 Å². The topological polar surface area (TPSA) is 64.4 Å². The number of imidazole rings is 1. The second-order valence-corrected chi connectivity index (χ2v) is 3.38. The van der Waals surface area contributed by atoms with E-state index in [4.69, 9.17) is 5.11 Å². The lowest BCUT2D eigenvalue weighted by Gasteiger charge is -2.06. The van der Waals surface area contributed by atoms with Crippen LogP contribution in [0, 0.1) is 0 Å². The van der Waals surface area contributed by atoms with Gasteiger partial charge in [0.25, 0.3) is 0 Å². The number of carbonyl (C=O) groups is 1. The molecule has 0 atom stereocenters. The van der Waals surface area contributed by atoms with Crippen LogP contribution < -0.4 is 4.74 Å². The summed E-state index contributed by atoms with van der Waals surface area (Å²) in [6.45, 7) is -3.02. The molecule has 0 saturated carbocycles. The Morgan fingerprint density at radius 2 is 2.24 bits per heavy atom. The number of hydrogen-bond donors (Lipinski definition) is 1. The molecule has 1 N–H and O–H groups in total. The van der Waals surface area contributed by atoms with Gasteiger partial charge in [0.2, 0.25) is 0 Å². The van der Waals surface area contributed by atoms with Crippen molar-refractivity contribution in [3.63, 3.8) is 0 Å². The van der Waals surface area contributed by atoms with Crippen molar-refractivity contribution < 1.29 is 23.4 Å². The van der Waals surface area contributed by atoms with E-state index in [2.05, 4.69) is 9.72 Å². The summed E-state index contributed by atoms with van der Waals surface area (Å²) in [5, 5.41) is 8.86. The Balaban J connectivity index is 2.66. The van der Waals surface area contributed by atoms with Gasteiger partial charge in [0, 0.05) is 7.05 Å². The van der Waals surface area contributed by atoms with E-state index in [0.717, 1.165) is 6.07 Å². The highest BCUT2D eigenvalue weighted by Gasteiger charge is 2.16. The first kappa shape index (κ1) is 11.3. The third-order valence-electron chi connectivity index (χ3n) is 2.26. The Morgan fingerprint density at radius 1 is 1.53 bits per heavy atom. The molecule has 1 heterocycles. The first-order valence-corrected chi connectivity index (χ1v) is 4.62. The van der Waals surface area contributed by atoms with Crippen molar-refractivity contribution in [2.45, 2.75) is 6.61 Å². The van der Waals surface area contributed by atoms with Gasteiger partial charge in [-0.2, -0.15) is 8.78 Å². The SMILES string of the molecule is Cn1cnc2c(OC(F)F)cc(C(=O)O)cc21. The highest BCUT2D eigenvalue weighted by Crippen LogP contribution is 2.27. The van der Waals surface area contributed by atoms with Gasteiger partial charge < -0.3 is 14.4 Å². The molecule has 90 valence electrons. The zero-order chi connectivity index (χ0) is 12.6. The van der Waals surface area contributed by atoms with Gasteiger partial charge in [-0.1, -0.05) is 0 Å². The van der Waals surface area contributed by atoms with Crippen molar-refractivity contribution in [2.75, 3.05) is 0 Å². The van der Waals surface area contributed by atoms with Gasteiger partial charge in [-0.25, -0.2) is 9.78 Å². The minimum atomic E-state index is -3.02. The Hall–Kier alpha value is -2.18. The predicted molar refractivity (Wildman–Crippen MR) is 54.3 cm³/mol. The Bertz CT molecular complexity index is 580. The molecule has 0 amide bonds. The molecule has 0 aliphatic carbocycles. The highest BCUT2D eigenvalue weighted by atomic mass is 19.3. The lowest BCUT2D eigenvalue weighted by molar-refractivity contribution is -0.0489. The first-order chi connectivity index (χ1) is 7.99. The molecule has 0 spiro atoms. The summed E-state index contributed by atoms with van der Waals surface area (Å²) in [5.74, 6) is -1.46. The van der Waals surface area contributed by atoms with Crippen molar-refractivity contribution in [3.05, 3.63) is 24.0 Å². The summed E-state index contributed by atoms with van der Waals surface area (Å²) >= 11 is 0. The van der Waals surface area contributed by atoms with Crippen LogP contribution in [-0.2, 0) is 7.05 Å². The number of alkyl halides is 2. The van der Waals surface area contributed by atoms with Gasteiger partial charge in [0.05, 0.1) is 17.4 Å². The number of aryl methyl sites for hydroxylation is 1. The number of hydrogen-bond acceptors (Lipinski definition) is 3. The van der Waals surface area contributed by atoms with Crippen LogP contribution in [0.4, 0.5) is 8.78 Å². The molecule has 2 rings (SSSR count). The fraction of sp³-hybridized carbons (Fsp3) is 0.200. The molecule has 0 bridgehead atoms. The number of benzene rings is 1. The molecule has 7 heteroatoms. The zero-order valence-electron chi connectivity index (χ0n) is 8.72. The molecule has 1 aromatic heterocycles. The maximum absolute atomic E-state index is 12.2. The van der Waals surface area contributed by atoms with Crippen molar-refractivity contribution in [1.82, 2.24) is 9.55 Å². The second kappa shape index (κ2) is 4.00. The third-order valence-corrected chi connectivity index (χ3v) is 2.26. The molecule has 0 radical (unpaired) electrons. The monoisotopic (exact) mass is 242 g/mol. The predicted octanol–water partition coefficient (Wildman–Crippen LogP) is 1.87. The van der Waals surface area contributed by atoms with E-state index in [1.165, 1.54) is 17.0 Å². The van der Waals surface area contributed by atoms with Crippen molar-refractivity contribution in [3.8, 4) is 5.75 Å². The molecule has 0 fully saturated rings. The number of nitrogens with zero attached hydrogens (tertiary/aromatic N) is 2. The Kier molecular flexibility index (Phi) is 2.66. The standard InChI is InChI=1S/C10H8F2N2O3/c1-14-4-13-8-6(14)2-5(9(15)16)3-7(8)17-10(11)12/h2-4,10H,1H3,(H,15,16). The number of rotatable bonds is 3. The average molecular weight is 242 g/mol. The summed E-state index contributed by atoms with van der Waals surface area (Å²) in [5.41, 5.74) is 0.495. The molecular weight excluding hydrogens is 234 g/mol. The number of aromatic carboxylic acids is 1. The van der Waals surface area contributed by atoms with Crippen LogP contribution in [-0.4, -0.2) is 27.2 Å². The number of fused-ring (bicyclic) bond motifs is 1. The summed E-state index contributed by atoms with van der Waals surface area (Å²) in [4.78, 5) is 14.7. The van der Waals surface area contributed by atoms with Crippen molar-refractivity contribution in [1.29, 1.82) is 0 Å². The lowest BCUT2D eigenvalue weighted by atomic mass is 10.2. The molecule has 2 aromatic rings. The van der Waals surface area contributed by atoms with E-state index < -0.39 is 12.6 Å². The summed E-state index contributed by atoms with van der Waals surface area (Å²) < 4.78 is 30.2. The number of carboxylic acid groups (broad SMARTS) is 1. The average Bonchev–Trinajstić information content (AvgIpc) is 2.60. The van der Waals surface area contributed by atoms with Crippen molar-refractivity contribution in [2.24, 2.45) is 7.05 Å². The van der Waals surface area contributed by atoms with Crippen LogP contribution in [0.2, 0.25) is 0 Å². The van der Waals surface area contributed by atoms with Crippen LogP contribution in [0.3, 0.4) is 0 Å². The molecule has 0 unspecified atom stereocenters. The number of ether oxygens (including phenoxy) is 1. The molecule has 0 aliphatic rings. The minimum Gasteiger partial charge on any atom is -0.478 e. The van der Waals surface area contributed by atoms with E-state index in [9.17, 15) is 13.6 Å². The molecular formula is C10H8F2N2O3. The van der Waals surface area contributed by atoms with Crippen LogP contribution in [0.15, 0.2) is 18.5 Å². The Labute approximate surface area is 94.2 Å². The smallest absolute Gasteiger partial charge is 0.387 e. The number of aromatic nitrogens is 2. The van der Waals surface area contributed by atoms with Gasteiger partial charge in [-0.3, -0.25) is 0 Å². The van der Waals surface area contributed by atoms with Gasteiger partial charge in [-0.15, -0.1) is 0 Å². The summed E-state index contributed by atoms with van der Waals surface area (Å²) in [6.07, 6.45) is 1.40. The van der Waals surface area contributed by atoms with Crippen LogP contribution in [0.1, 0.15) is 10.4 Å². The molecule has 0 saturated heterocycles. The largest absolute Gasteiger partial charge is 0.478 e. The van der Waals surface area contributed by atoms with E-state index in [1.807, 2.05) is 0 Å². The van der Waals surface area contributed by atoms with E-state index in [1.54, 1.807) is 7.05 Å². The molecule has 5 nitrogen and oxygen atoms in total. The van der Waals surface area contributed by atoms with Crippen LogP contribution in [0.5, 0.6) is 5.75 Å². The fourth-order valence-corrected chi connectivity index (χ4v) is 1.51. The second-order valence-electron chi connectivity index (χ2n) is 3.38. The molecule has 17 heavy (non-hydrogen) atoms. The number of carboxylic acids is 1. The first-order valence-electron chi connectivity index (χ1n) is 4.62. The summed E-state index contributed by atoms with van der Waals surface area (Å²) in [6, 6.07) is 2.38. The van der Waals surface area contributed by atoms with Crippen molar-refractivity contribution >= 4 is 17.0 Å². The number of halogens is 2. The third kappa shape index (κ3) is 2.03. The zero-order valence-corrected chi connectivity index (χ0v) is 8.72. The quantitative estimate of drug-likeness (QED) is 0.892.